The number of halogens is 1. The summed E-state index contributed by atoms with van der Waals surface area (Å²) in [4.78, 5) is 12.5. The van der Waals surface area contributed by atoms with Crippen molar-refractivity contribution in [2.24, 2.45) is 0 Å². The number of nitrogens with zero attached hydrogens (tertiary/aromatic N) is 3. The zero-order valence-electron chi connectivity index (χ0n) is 17.4. The minimum absolute atomic E-state index is 0.0996. The number of hydrogen-bond donors (Lipinski definition) is 1. The lowest BCUT2D eigenvalue weighted by atomic mass is 10.0. The van der Waals surface area contributed by atoms with Crippen LogP contribution in [-0.4, -0.2) is 26.4 Å². The molecule has 1 amide bonds. The number of rotatable bonds is 8. The molecule has 1 atom stereocenters. The van der Waals surface area contributed by atoms with Crippen LogP contribution in [-0.2, 0) is 11.3 Å². The van der Waals surface area contributed by atoms with Gasteiger partial charge in [0.25, 0.3) is 0 Å². The molecule has 5 nitrogen and oxygen atoms in total. The summed E-state index contributed by atoms with van der Waals surface area (Å²) in [6.07, 6.45) is 1.69. The summed E-state index contributed by atoms with van der Waals surface area (Å²) in [5.74, 6) is 0.124. The van der Waals surface area contributed by atoms with Gasteiger partial charge in [-0.05, 0) is 49.6 Å². The number of amides is 1. The van der Waals surface area contributed by atoms with Gasteiger partial charge in [-0.3, -0.25) is 9.36 Å². The maximum Gasteiger partial charge on any atom is 0.230 e. The highest BCUT2D eigenvalue weighted by atomic mass is 32.2. The monoisotopic (exact) mass is 424 g/mol. The summed E-state index contributed by atoms with van der Waals surface area (Å²) in [5.41, 5.74) is 3.85. The highest BCUT2D eigenvalue weighted by Crippen LogP contribution is 2.26. The molecule has 1 unspecified atom stereocenters. The smallest absolute Gasteiger partial charge is 0.230 e. The fraction of sp³-hybridized carbons (Fsp3) is 0.261. The maximum atomic E-state index is 14.2. The Labute approximate surface area is 180 Å². The normalized spacial score (nSPS) is 11.9. The van der Waals surface area contributed by atoms with E-state index in [1.54, 1.807) is 28.8 Å². The topological polar surface area (TPSA) is 59.8 Å². The summed E-state index contributed by atoms with van der Waals surface area (Å²) < 4.78 is 16.0. The number of thioether (sulfide) groups is 1. The molecule has 0 saturated heterocycles. The Hall–Kier alpha value is -2.93. The predicted molar refractivity (Wildman–Crippen MR) is 119 cm³/mol. The van der Waals surface area contributed by atoms with Crippen molar-refractivity contribution in [3.8, 4) is 11.4 Å². The number of aryl methyl sites for hydroxylation is 2. The summed E-state index contributed by atoms with van der Waals surface area (Å²) in [7, 11) is 0. The van der Waals surface area contributed by atoms with E-state index in [1.165, 1.54) is 29.0 Å². The zero-order chi connectivity index (χ0) is 21.7. The molecule has 2 aromatic carbocycles. The number of allylic oxidation sites excluding steroid dienone is 1. The molecular formula is C23H25FN4OS. The second kappa shape index (κ2) is 9.71. The van der Waals surface area contributed by atoms with Crippen molar-refractivity contribution >= 4 is 17.7 Å². The molecule has 0 saturated carbocycles. The van der Waals surface area contributed by atoms with Crippen molar-refractivity contribution in [3.05, 3.63) is 77.6 Å². The van der Waals surface area contributed by atoms with Crippen molar-refractivity contribution in [1.82, 2.24) is 20.1 Å². The maximum absolute atomic E-state index is 14.2. The summed E-state index contributed by atoms with van der Waals surface area (Å²) >= 11 is 1.27. The van der Waals surface area contributed by atoms with E-state index in [4.69, 9.17) is 0 Å². The number of hydrogen-bond acceptors (Lipinski definition) is 4. The fourth-order valence-corrected chi connectivity index (χ4v) is 3.82. The first-order valence-corrected chi connectivity index (χ1v) is 10.7. The molecule has 0 radical (unpaired) electrons. The van der Waals surface area contributed by atoms with Crippen molar-refractivity contribution in [1.29, 1.82) is 0 Å². The van der Waals surface area contributed by atoms with Crippen LogP contribution in [0.5, 0.6) is 0 Å². The Morgan fingerprint density at radius 3 is 2.70 bits per heavy atom. The molecule has 1 aromatic heterocycles. The lowest BCUT2D eigenvalue weighted by Gasteiger charge is -2.15. The first kappa shape index (κ1) is 21.8. The minimum atomic E-state index is -0.369. The summed E-state index contributed by atoms with van der Waals surface area (Å²) in [5, 5.41) is 11.9. The van der Waals surface area contributed by atoms with Crippen molar-refractivity contribution < 1.29 is 9.18 Å². The fourth-order valence-electron chi connectivity index (χ4n) is 3.06. The van der Waals surface area contributed by atoms with Crippen LogP contribution in [0.2, 0.25) is 0 Å². The molecule has 0 aliphatic rings. The van der Waals surface area contributed by atoms with Gasteiger partial charge in [-0.25, -0.2) is 4.39 Å². The third-order valence-electron chi connectivity index (χ3n) is 4.88. The number of aromatic nitrogens is 3. The van der Waals surface area contributed by atoms with E-state index in [0.717, 1.165) is 5.56 Å². The van der Waals surface area contributed by atoms with E-state index >= 15 is 0 Å². The largest absolute Gasteiger partial charge is 0.349 e. The van der Waals surface area contributed by atoms with Gasteiger partial charge < -0.3 is 5.32 Å². The number of benzene rings is 2. The van der Waals surface area contributed by atoms with Gasteiger partial charge in [0.05, 0.1) is 17.4 Å². The summed E-state index contributed by atoms with van der Waals surface area (Å²) in [6.45, 7) is 10.3. The molecule has 7 heteroatoms. The molecule has 0 aliphatic carbocycles. The highest BCUT2D eigenvalue weighted by Gasteiger charge is 2.18. The second-order valence-electron chi connectivity index (χ2n) is 7.11. The van der Waals surface area contributed by atoms with Gasteiger partial charge in [-0.1, -0.05) is 48.2 Å². The molecule has 30 heavy (non-hydrogen) atoms. The molecule has 0 fully saturated rings. The first-order chi connectivity index (χ1) is 14.4. The lowest BCUT2D eigenvalue weighted by molar-refractivity contribution is -0.119. The second-order valence-corrected chi connectivity index (χ2v) is 8.05. The Morgan fingerprint density at radius 2 is 2.00 bits per heavy atom. The summed E-state index contributed by atoms with van der Waals surface area (Å²) in [6, 6.07) is 12.5. The SMILES string of the molecule is C=CCn1c(SCC(=O)NC(C)c2ccc(C)c(C)c2)nnc1-c1ccccc1F. The predicted octanol–water partition coefficient (Wildman–Crippen LogP) is 4.86. The first-order valence-electron chi connectivity index (χ1n) is 9.69. The van der Waals surface area contributed by atoms with Gasteiger partial charge in [0.15, 0.2) is 11.0 Å². The van der Waals surface area contributed by atoms with E-state index in [-0.39, 0.29) is 23.5 Å². The van der Waals surface area contributed by atoms with E-state index in [0.29, 0.717) is 23.1 Å². The van der Waals surface area contributed by atoms with Crippen LogP contribution in [0, 0.1) is 19.7 Å². The van der Waals surface area contributed by atoms with Gasteiger partial charge in [0.1, 0.15) is 5.82 Å². The van der Waals surface area contributed by atoms with Gasteiger partial charge >= 0.3 is 0 Å². The van der Waals surface area contributed by atoms with E-state index in [9.17, 15) is 9.18 Å². The van der Waals surface area contributed by atoms with Crippen molar-refractivity contribution in [3.63, 3.8) is 0 Å². The van der Waals surface area contributed by atoms with E-state index in [1.807, 2.05) is 13.0 Å². The van der Waals surface area contributed by atoms with E-state index in [2.05, 4.69) is 48.1 Å². The molecule has 0 bridgehead atoms. The van der Waals surface area contributed by atoms with Crippen molar-refractivity contribution in [2.75, 3.05) is 5.75 Å². The van der Waals surface area contributed by atoms with Crippen LogP contribution < -0.4 is 5.32 Å². The molecule has 156 valence electrons. The average molecular weight is 425 g/mol. The quantitative estimate of drug-likeness (QED) is 0.415. The zero-order valence-corrected chi connectivity index (χ0v) is 18.2. The Balaban J connectivity index is 1.69. The van der Waals surface area contributed by atoms with Gasteiger partial charge in [-0.2, -0.15) is 0 Å². The third-order valence-corrected chi connectivity index (χ3v) is 5.85. The Bertz CT molecular complexity index is 1060. The number of carbonyl (C=O) groups excluding carboxylic acids is 1. The van der Waals surface area contributed by atoms with Crippen LogP contribution in [0.4, 0.5) is 4.39 Å². The van der Waals surface area contributed by atoms with Crippen LogP contribution in [0.15, 0.2) is 60.3 Å². The molecule has 3 rings (SSSR count). The molecule has 3 aromatic rings. The standard InChI is InChI=1S/C23H25FN4OS/c1-5-12-28-22(19-8-6-7-9-20(19)24)26-27-23(28)30-14-21(29)25-17(4)18-11-10-15(2)16(3)13-18/h5-11,13,17H,1,12,14H2,2-4H3,(H,25,29). The van der Waals surface area contributed by atoms with Crippen LogP contribution in [0.1, 0.15) is 29.7 Å². The van der Waals surface area contributed by atoms with Crippen molar-refractivity contribution in [2.45, 2.75) is 38.5 Å². The molecule has 0 aliphatic heterocycles. The van der Waals surface area contributed by atoms with Gasteiger partial charge in [0, 0.05) is 6.54 Å². The average Bonchev–Trinajstić information content (AvgIpc) is 3.11. The Kier molecular flexibility index (Phi) is 7.05. The van der Waals surface area contributed by atoms with Gasteiger partial charge in [-0.15, -0.1) is 16.8 Å². The van der Waals surface area contributed by atoms with Crippen LogP contribution in [0.3, 0.4) is 0 Å². The minimum Gasteiger partial charge on any atom is -0.349 e. The van der Waals surface area contributed by atoms with Crippen LogP contribution in [0.25, 0.3) is 11.4 Å². The highest BCUT2D eigenvalue weighted by molar-refractivity contribution is 7.99. The lowest BCUT2D eigenvalue weighted by Crippen LogP contribution is -2.28. The van der Waals surface area contributed by atoms with Crippen LogP contribution >= 0.6 is 11.8 Å². The van der Waals surface area contributed by atoms with Gasteiger partial charge in [0.2, 0.25) is 5.91 Å². The third kappa shape index (κ3) is 4.97. The molecule has 1 heterocycles. The molecule has 1 N–H and O–H groups in total. The van der Waals surface area contributed by atoms with E-state index < -0.39 is 0 Å². The molecular weight excluding hydrogens is 399 g/mol. The Morgan fingerprint density at radius 1 is 1.23 bits per heavy atom. The molecule has 0 spiro atoms. The number of nitrogens with one attached hydrogen (secondary N) is 1. The number of carbonyl (C=O) groups is 1.